The number of anilines is 1. The van der Waals surface area contributed by atoms with Gasteiger partial charge < -0.3 is 10.1 Å². The quantitative estimate of drug-likeness (QED) is 0.654. The molecule has 3 aromatic rings. The van der Waals surface area contributed by atoms with Crippen molar-refractivity contribution in [3.05, 3.63) is 66.0 Å². The van der Waals surface area contributed by atoms with Crippen LogP contribution in [0.15, 0.2) is 48.8 Å². The number of halogens is 2. The van der Waals surface area contributed by atoms with E-state index in [1.807, 2.05) is 0 Å². The van der Waals surface area contributed by atoms with Gasteiger partial charge in [0.1, 0.15) is 17.7 Å². The Kier molecular flexibility index (Phi) is 5.61. The molecule has 2 aromatic carbocycles. The molecular weight excluding hydrogens is 408 g/mol. The third-order valence-corrected chi connectivity index (χ3v) is 4.89. The Morgan fingerprint density at radius 3 is 2.74 bits per heavy atom. The van der Waals surface area contributed by atoms with Crippen molar-refractivity contribution in [1.82, 2.24) is 20.3 Å². The Hall–Kier alpha value is -3.82. The fourth-order valence-corrected chi connectivity index (χ4v) is 3.34. The minimum atomic E-state index is -0.619. The van der Waals surface area contributed by atoms with Crippen LogP contribution in [-0.2, 0) is 16.1 Å². The van der Waals surface area contributed by atoms with E-state index in [4.69, 9.17) is 4.74 Å². The summed E-state index contributed by atoms with van der Waals surface area (Å²) in [4.78, 5) is 24.4. The largest absolute Gasteiger partial charge is 0.442 e. The number of rotatable bonds is 6. The minimum Gasteiger partial charge on any atom is -0.442 e. The molecule has 1 saturated heterocycles. The van der Waals surface area contributed by atoms with E-state index in [1.54, 1.807) is 24.4 Å². The summed E-state index contributed by atoms with van der Waals surface area (Å²) in [5, 5.41) is 10.1. The van der Waals surface area contributed by atoms with Crippen molar-refractivity contribution in [3.8, 4) is 11.1 Å². The first-order valence-electron chi connectivity index (χ1n) is 9.56. The number of nitrogens with one attached hydrogen (secondary N) is 1. The van der Waals surface area contributed by atoms with Gasteiger partial charge in [0.25, 0.3) is 0 Å². The second kappa shape index (κ2) is 8.50. The van der Waals surface area contributed by atoms with E-state index in [0.717, 1.165) is 0 Å². The molecular formula is C21H19F2N5O3. The Labute approximate surface area is 176 Å². The lowest BCUT2D eigenvalue weighted by molar-refractivity contribution is -0.119. The fourth-order valence-electron chi connectivity index (χ4n) is 3.34. The number of aromatic nitrogens is 3. The predicted molar refractivity (Wildman–Crippen MR) is 107 cm³/mol. The smallest absolute Gasteiger partial charge is 0.414 e. The van der Waals surface area contributed by atoms with Crippen molar-refractivity contribution in [3.63, 3.8) is 0 Å². The number of nitrogens with zero attached hydrogens (tertiary/aromatic N) is 4. The molecule has 10 heteroatoms. The highest BCUT2D eigenvalue weighted by molar-refractivity contribution is 5.90. The van der Waals surface area contributed by atoms with E-state index in [9.17, 15) is 18.4 Å². The molecule has 0 spiro atoms. The maximum absolute atomic E-state index is 14.8. The van der Waals surface area contributed by atoms with Crippen LogP contribution in [-0.4, -0.2) is 46.2 Å². The second-order valence-corrected chi connectivity index (χ2v) is 7.12. The zero-order chi connectivity index (χ0) is 22.0. The molecule has 0 aliphatic carbocycles. The maximum Gasteiger partial charge on any atom is 0.414 e. The summed E-state index contributed by atoms with van der Waals surface area (Å²) in [7, 11) is 0. The summed E-state index contributed by atoms with van der Waals surface area (Å²) in [5.74, 6) is -1.32. The average Bonchev–Trinajstić information content (AvgIpc) is 3.37. The normalized spacial score (nSPS) is 15.8. The van der Waals surface area contributed by atoms with Crippen LogP contribution in [0.25, 0.3) is 11.1 Å². The first kappa shape index (κ1) is 20.5. The summed E-state index contributed by atoms with van der Waals surface area (Å²) in [6.45, 7) is 1.94. The van der Waals surface area contributed by atoms with Gasteiger partial charge in [0.15, 0.2) is 0 Å². The Bertz CT molecular complexity index is 1120. The lowest BCUT2D eigenvalue weighted by atomic mass is 10.0. The number of hydrogen-bond acceptors (Lipinski definition) is 5. The molecule has 1 fully saturated rings. The Morgan fingerprint density at radius 1 is 1.23 bits per heavy atom. The first-order valence-corrected chi connectivity index (χ1v) is 9.56. The van der Waals surface area contributed by atoms with E-state index in [1.165, 1.54) is 40.9 Å². The Balaban J connectivity index is 1.51. The van der Waals surface area contributed by atoms with Crippen LogP contribution < -0.4 is 10.2 Å². The average molecular weight is 427 g/mol. The summed E-state index contributed by atoms with van der Waals surface area (Å²) in [6, 6.07) is 8.73. The number of cyclic esters (lactones) is 1. The van der Waals surface area contributed by atoms with E-state index >= 15 is 0 Å². The molecule has 4 rings (SSSR count). The van der Waals surface area contributed by atoms with Crippen LogP contribution in [0.2, 0.25) is 0 Å². The molecule has 0 bridgehead atoms. The van der Waals surface area contributed by atoms with Gasteiger partial charge in [-0.25, -0.2) is 18.3 Å². The molecule has 1 unspecified atom stereocenters. The molecule has 1 aliphatic rings. The van der Waals surface area contributed by atoms with Gasteiger partial charge in [-0.2, -0.15) is 0 Å². The monoisotopic (exact) mass is 427 g/mol. The van der Waals surface area contributed by atoms with Gasteiger partial charge in [0.05, 0.1) is 31.5 Å². The molecule has 8 nitrogen and oxygen atoms in total. The van der Waals surface area contributed by atoms with Gasteiger partial charge in [-0.05, 0) is 29.8 Å². The van der Waals surface area contributed by atoms with Crippen LogP contribution in [0.5, 0.6) is 0 Å². The van der Waals surface area contributed by atoms with Crippen molar-refractivity contribution in [2.75, 3.05) is 18.0 Å². The number of carbonyl (C=O) groups is 2. The Morgan fingerprint density at radius 2 is 2.06 bits per heavy atom. The van der Waals surface area contributed by atoms with E-state index < -0.39 is 23.8 Å². The summed E-state index contributed by atoms with van der Waals surface area (Å²) < 4.78 is 36.0. The van der Waals surface area contributed by atoms with Crippen LogP contribution in [0.3, 0.4) is 0 Å². The number of hydrogen-bond donors (Lipinski definition) is 1. The predicted octanol–water partition coefficient (Wildman–Crippen LogP) is 2.73. The zero-order valence-electron chi connectivity index (χ0n) is 16.6. The molecule has 31 heavy (non-hydrogen) atoms. The topological polar surface area (TPSA) is 89.4 Å². The van der Waals surface area contributed by atoms with Crippen molar-refractivity contribution in [2.24, 2.45) is 0 Å². The zero-order valence-corrected chi connectivity index (χ0v) is 16.6. The van der Waals surface area contributed by atoms with Crippen molar-refractivity contribution < 1.29 is 23.1 Å². The van der Waals surface area contributed by atoms with Gasteiger partial charge in [0, 0.05) is 24.2 Å². The van der Waals surface area contributed by atoms with Gasteiger partial charge in [-0.3, -0.25) is 9.69 Å². The summed E-state index contributed by atoms with van der Waals surface area (Å²) in [6.07, 6.45) is 1.98. The molecule has 2 heterocycles. The highest BCUT2D eigenvalue weighted by atomic mass is 19.1. The van der Waals surface area contributed by atoms with Gasteiger partial charge in [0.2, 0.25) is 5.91 Å². The van der Waals surface area contributed by atoms with Crippen LogP contribution >= 0.6 is 0 Å². The fraction of sp³-hybridized carbons (Fsp3) is 0.238. The third kappa shape index (κ3) is 4.52. The van der Waals surface area contributed by atoms with Crippen LogP contribution in [0.1, 0.15) is 12.5 Å². The van der Waals surface area contributed by atoms with Crippen LogP contribution in [0, 0.1) is 11.6 Å². The molecule has 0 saturated carbocycles. The van der Waals surface area contributed by atoms with Crippen LogP contribution in [0.4, 0.5) is 19.3 Å². The molecule has 160 valence electrons. The summed E-state index contributed by atoms with van der Waals surface area (Å²) in [5.41, 5.74) is 1.30. The standard InChI is InChI=1S/C21H19F2N5O3/c1-13(29)24-10-17-12-28(21(30)31-17)16-4-5-18(20(23)9-16)14-2-3-15(19(22)8-14)11-27-7-6-25-26-27/h2-9,17H,10-12H2,1H3,(H,24,29). The van der Waals surface area contributed by atoms with Gasteiger partial charge in [-0.15, -0.1) is 5.10 Å². The van der Waals surface area contributed by atoms with E-state index in [2.05, 4.69) is 15.6 Å². The molecule has 2 amide bonds. The molecule has 0 radical (unpaired) electrons. The lowest BCUT2D eigenvalue weighted by Crippen LogP contribution is -2.33. The van der Waals surface area contributed by atoms with Gasteiger partial charge >= 0.3 is 6.09 Å². The number of ether oxygens (including phenoxy) is 1. The van der Waals surface area contributed by atoms with Crippen molar-refractivity contribution in [1.29, 1.82) is 0 Å². The van der Waals surface area contributed by atoms with E-state index in [0.29, 0.717) is 16.8 Å². The molecule has 1 aromatic heterocycles. The SMILES string of the molecule is CC(=O)NCC1CN(c2ccc(-c3ccc(Cn4ccnn4)c(F)c3)c(F)c2)C(=O)O1. The second-order valence-electron chi connectivity index (χ2n) is 7.12. The molecule has 1 aliphatic heterocycles. The third-order valence-electron chi connectivity index (χ3n) is 4.89. The van der Waals surface area contributed by atoms with Gasteiger partial charge in [-0.1, -0.05) is 17.3 Å². The number of amides is 2. The minimum absolute atomic E-state index is 0.179. The summed E-state index contributed by atoms with van der Waals surface area (Å²) >= 11 is 0. The molecule has 1 N–H and O–H groups in total. The number of carbonyl (C=O) groups excluding carboxylic acids is 2. The first-order chi connectivity index (χ1) is 14.9. The number of benzene rings is 2. The lowest BCUT2D eigenvalue weighted by Gasteiger charge is -2.15. The van der Waals surface area contributed by atoms with Crippen molar-refractivity contribution in [2.45, 2.75) is 19.6 Å². The maximum atomic E-state index is 14.8. The highest BCUT2D eigenvalue weighted by Crippen LogP contribution is 2.30. The van der Waals surface area contributed by atoms with E-state index in [-0.39, 0.29) is 31.1 Å². The molecule has 1 atom stereocenters. The van der Waals surface area contributed by atoms with Crippen molar-refractivity contribution >= 4 is 17.7 Å². The highest BCUT2D eigenvalue weighted by Gasteiger charge is 2.32.